The summed E-state index contributed by atoms with van der Waals surface area (Å²) in [5.41, 5.74) is 1.85. The van der Waals surface area contributed by atoms with E-state index in [0.29, 0.717) is 18.0 Å². The Morgan fingerprint density at radius 2 is 2.10 bits per heavy atom. The highest BCUT2D eigenvalue weighted by atomic mass is 16.5. The van der Waals surface area contributed by atoms with E-state index in [1.807, 2.05) is 25.1 Å². The number of ether oxygens (including phenoxy) is 1. The summed E-state index contributed by atoms with van der Waals surface area (Å²) in [6, 6.07) is 5.74. The Kier molecular flexibility index (Phi) is 5.09. The van der Waals surface area contributed by atoms with E-state index in [-0.39, 0.29) is 6.03 Å². The smallest absolute Gasteiger partial charge is 0.319 e. The number of benzene rings is 1. The molecule has 0 unspecified atom stereocenters. The average Bonchev–Trinajstić information content (AvgIpc) is 2.99. The van der Waals surface area contributed by atoms with Crippen LogP contribution in [0.1, 0.15) is 26.2 Å². The summed E-state index contributed by atoms with van der Waals surface area (Å²) >= 11 is 0. The van der Waals surface area contributed by atoms with Crippen molar-refractivity contribution >= 4 is 17.4 Å². The lowest BCUT2D eigenvalue weighted by atomic mass is 10.2. The van der Waals surface area contributed by atoms with Crippen LogP contribution in [0.4, 0.5) is 16.2 Å². The summed E-state index contributed by atoms with van der Waals surface area (Å²) in [7, 11) is 1.61. The molecule has 5 nitrogen and oxygen atoms in total. The Bertz CT molecular complexity index is 456. The SMILES string of the molecule is CCCNC(=O)Nc1cc(N2CCCC2)ccc1OC. The minimum absolute atomic E-state index is 0.191. The molecule has 0 spiro atoms. The Morgan fingerprint density at radius 1 is 1.35 bits per heavy atom. The fourth-order valence-corrected chi connectivity index (χ4v) is 2.37. The fraction of sp³-hybridized carbons (Fsp3) is 0.533. The third-order valence-corrected chi connectivity index (χ3v) is 3.44. The second kappa shape index (κ2) is 7.03. The highest BCUT2D eigenvalue weighted by Crippen LogP contribution is 2.31. The van der Waals surface area contributed by atoms with Gasteiger partial charge in [-0.2, -0.15) is 0 Å². The van der Waals surface area contributed by atoms with E-state index >= 15 is 0 Å². The normalized spacial score (nSPS) is 14.2. The summed E-state index contributed by atoms with van der Waals surface area (Å²) in [6.45, 7) is 4.84. The number of hydrogen-bond acceptors (Lipinski definition) is 3. The van der Waals surface area contributed by atoms with E-state index in [0.717, 1.165) is 25.2 Å². The summed E-state index contributed by atoms with van der Waals surface area (Å²) in [4.78, 5) is 14.1. The van der Waals surface area contributed by atoms with E-state index in [9.17, 15) is 4.79 Å². The van der Waals surface area contributed by atoms with Crippen molar-refractivity contribution < 1.29 is 9.53 Å². The molecule has 1 aliphatic rings. The number of urea groups is 1. The van der Waals surface area contributed by atoms with Gasteiger partial charge in [-0.1, -0.05) is 6.92 Å². The molecule has 1 aromatic carbocycles. The number of nitrogens with one attached hydrogen (secondary N) is 2. The molecule has 2 rings (SSSR count). The van der Waals surface area contributed by atoms with Crippen molar-refractivity contribution in [2.24, 2.45) is 0 Å². The van der Waals surface area contributed by atoms with Crippen LogP contribution in [-0.4, -0.2) is 32.8 Å². The number of carbonyl (C=O) groups excluding carboxylic acids is 1. The van der Waals surface area contributed by atoms with Crippen molar-refractivity contribution in [2.75, 3.05) is 37.0 Å². The molecule has 1 fully saturated rings. The van der Waals surface area contributed by atoms with E-state index in [1.165, 1.54) is 12.8 Å². The third kappa shape index (κ3) is 3.56. The Hall–Kier alpha value is -1.91. The standard InChI is InChI=1S/C15H23N3O2/c1-3-8-16-15(19)17-13-11-12(6-7-14(13)20-2)18-9-4-5-10-18/h6-7,11H,3-5,8-10H2,1-2H3,(H2,16,17,19). The largest absolute Gasteiger partial charge is 0.495 e. The van der Waals surface area contributed by atoms with Crippen LogP contribution in [0, 0.1) is 0 Å². The maximum atomic E-state index is 11.8. The molecular weight excluding hydrogens is 254 g/mol. The van der Waals surface area contributed by atoms with E-state index in [1.54, 1.807) is 7.11 Å². The minimum atomic E-state index is -0.191. The molecule has 0 saturated carbocycles. The molecule has 0 aliphatic carbocycles. The maximum Gasteiger partial charge on any atom is 0.319 e. The summed E-state index contributed by atoms with van der Waals surface area (Å²) in [5, 5.41) is 5.66. The zero-order valence-corrected chi connectivity index (χ0v) is 12.2. The first-order chi connectivity index (χ1) is 9.74. The van der Waals surface area contributed by atoms with Crippen molar-refractivity contribution in [3.63, 3.8) is 0 Å². The molecule has 0 aromatic heterocycles. The number of nitrogens with zero attached hydrogens (tertiary/aromatic N) is 1. The predicted octanol–water partition coefficient (Wildman–Crippen LogP) is 2.83. The molecule has 0 radical (unpaired) electrons. The molecule has 2 amide bonds. The highest BCUT2D eigenvalue weighted by Gasteiger charge is 2.15. The van der Waals surface area contributed by atoms with Gasteiger partial charge in [-0.05, 0) is 37.5 Å². The van der Waals surface area contributed by atoms with Crippen LogP contribution in [-0.2, 0) is 0 Å². The lowest BCUT2D eigenvalue weighted by Crippen LogP contribution is -2.29. The number of rotatable bonds is 5. The first-order valence-corrected chi connectivity index (χ1v) is 7.22. The number of anilines is 2. The van der Waals surface area contributed by atoms with Crippen LogP contribution in [0.25, 0.3) is 0 Å². The number of methoxy groups -OCH3 is 1. The molecule has 0 atom stereocenters. The van der Waals surface area contributed by atoms with Gasteiger partial charge in [-0.15, -0.1) is 0 Å². The lowest BCUT2D eigenvalue weighted by molar-refractivity contribution is 0.252. The van der Waals surface area contributed by atoms with Crippen molar-refractivity contribution in [3.05, 3.63) is 18.2 Å². The lowest BCUT2D eigenvalue weighted by Gasteiger charge is -2.20. The van der Waals surface area contributed by atoms with Crippen LogP contribution < -0.4 is 20.3 Å². The van der Waals surface area contributed by atoms with Gasteiger partial charge in [0, 0.05) is 25.3 Å². The van der Waals surface area contributed by atoms with Crippen LogP contribution in [0.15, 0.2) is 18.2 Å². The molecule has 1 aromatic rings. The number of amides is 2. The molecule has 20 heavy (non-hydrogen) atoms. The predicted molar refractivity (Wildman–Crippen MR) is 81.8 cm³/mol. The Balaban J connectivity index is 2.11. The molecular formula is C15H23N3O2. The van der Waals surface area contributed by atoms with Crippen LogP contribution >= 0.6 is 0 Å². The van der Waals surface area contributed by atoms with Gasteiger partial charge < -0.3 is 20.3 Å². The molecule has 0 bridgehead atoms. The van der Waals surface area contributed by atoms with E-state index < -0.39 is 0 Å². The third-order valence-electron chi connectivity index (χ3n) is 3.44. The Labute approximate surface area is 120 Å². The van der Waals surface area contributed by atoms with Gasteiger partial charge in [-0.25, -0.2) is 4.79 Å². The van der Waals surface area contributed by atoms with Crippen LogP contribution in [0.5, 0.6) is 5.75 Å². The topological polar surface area (TPSA) is 53.6 Å². The van der Waals surface area contributed by atoms with Gasteiger partial charge in [0.05, 0.1) is 12.8 Å². The van der Waals surface area contributed by atoms with Crippen molar-refractivity contribution in [1.82, 2.24) is 5.32 Å². The van der Waals surface area contributed by atoms with Crippen LogP contribution in [0.2, 0.25) is 0 Å². The molecule has 1 heterocycles. The second-order valence-corrected chi connectivity index (χ2v) is 4.96. The first kappa shape index (κ1) is 14.5. The monoisotopic (exact) mass is 277 g/mol. The zero-order chi connectivity index (χ0) is 14.4. The van der Waals surface area contributed by atoms with Gasteiger partial charge in [0.2, 0.25) is 0 Å². The molecule has 5 heteroatoms. The molecule has 1 saturated heterocycles. The number of hydrogen-bond donors (Lipinski definition) is 2. The zero-order valence-electron chi connectivity index (χ0n) is 12.2. The maximum absolute atomic E-state index is 11.8. The quantitative estimate of drug-likeness (QED) is 0.870. The van der Waals surface area contributed by atoms with E-state index in [4.69, 9.17) is 4.74 Å². The van der Waals surface area contributed by atoms with Crippen molar-refractivity contribution in [3.8, 4) is 5.75 Å². The van der Waals surface area contributed by atoms with Gasteiger partial charge in [-0.3, -0.25) is 0 Å². The van der Waals surface area contributed by atoms with Gasteiger partial charge in [0.15, 0.2) is 0 Å². The van der Waals surface area contributed by atoms with E-state index in [2.05, 4.69) is 15.5 Å². The van der Waals surface area contributed by atoms with Gasteiger partial charge in [0.1, 0.15) is 5.75 Å². The van der Waals surface area contributed by atoms with Crippen LogP contribution in [0.3, 0.4) is 0 Å². The average molecular weight is 277 g/mol. The Morgan fingerprint density at radius 3 is 2.75 bits per heavy atom. The first-order valence-electron chi connectivity index (χ1n) is 7.22. The summed E-state index contributed by atoms with van der Waals surface area (Å²) in [6.07, 6.45) is 3.37. The van der Waals surface area contributed by atoms with Crippen molar-refractivity contribution in [2.45, 2.75) is 26.2 Å². The van der Waals surface area contributed by atoms with Gasteiger partial charge >= 0.3 is 6.03 Å². The number of carbonyl (C=O) groups is 1. The minimum Gasteiger partial charge on any atom is -0.495 e. The molecule has 1 aliphatic heterocycles. The van der Waals surface area contributed by atoms with Crippen molar-refractivity contribution in [1.29, 1.82) is 0 Å². The second-order valence-electron chi connectivity index (χ2n) is 4.96. The summed E-state index contributed by atoms with van der Waals surface area (Å²) < 4.78 is 5.31. The summed E-state index contributed by atoms with van der Waals surface area (Å²) in [5.74, 6) is 0.680. The highest BCUT2D eigenvalue weighted by molar-refractivity contribution is 5.91. The molecule has 110 valence electrons. The fourth-order valence-electron chi connectivity index (χ4n) is 2.37. The molecule has 2 N–H and O–H groups in total. The van der Waals surface area contributed by atoms with Gasteiger partial charge in [0.25, 0.3) is 0 Å².